The number of carbonyl (C=O) groups is 1. The van der Waals surface area contributed by atoms with Crippen LogP contribution in [0.25, 0.3) is 10.9 Å². The van der Waals surface area contributed by atoms with Crippen molar-refractivity contribution >= 4 is 68.8 Å². The van der Waals surface area contributed by atoms with Crippen molar-refractivity contribution in [3.05, 3.63) is 111 Å². The van der Waals surface area contributed by atoms with E-state index in [1.165, 1.54) is 18.7 Å². The highest BCUT2D eigenvalue weighted by atomic mass is 35.5. The molecule has 0 saturated carbocycles. The summed E-state index contributed by atoms with van der Waals surface area (Å²) < 4.78 is 0. The summed E-state index contributed by atoms with van der Waals surface area (Å²) in [7, 11) is 0. The Morgan fingerprint density at radius 2 is 1.69 bits per heavy atom. The summed E-state index contributed by atoms with van der Waals surface area (Å²) >= 11 is 13.6. The Balaban J connectivity index is 0.000000181. The third-order valence-electron chi connectivity index (χ3n) is 5.46. The summed E-state index contributed by atoms with van der Waals surface area (Å²) in [5.74, 6) is -0.0875. The van der Waals surface area contributed by atoms with Crippen LogP contribution in [-0.4, -0.2) is 20.9 Å². The minimum atomic E-state index is -0.162. The second kappa shape index (κ2) is 12.7. The number of nitrogen functional groups attached to an aromatic ring is 2. The van der Waals surface area contributed by atoms with E-state index in [4.69, 9.17) is 34.7 Å². The molecular formula is C28H24Cl2N6O2S. The lowest BCUT2D eigenvalue weighted by molar-refractivity contribution is -0.116. The molecule has 0 spiro atoms. The molecule has 0 aliphatic rings. The largest absolute Gasteiger partial charge is 0.399 e. The van der Waals surface area contributed by atoms with Crippen LogP contribution in [0.1, 0.15) is 12.5 Å². The van der Waals surface area contributed by atoms with Crippen LogP contribution in [0.2, 0.25) is 10.0 Å². The number of hydrogen-bond donors (Lipinski definition) is 3. The second-order valence-corrected chi connectivity index (χ2v) is 10.2. The third-order valence-corrected chi connectivity index (χ3v) is 7.15. The van der Waals surface area contributed by atoms with Gasteiger partial charge in [0.05, 0.1) is 33.2 Å². The summed E-state index contributed by atoms with van der Waals surface area (Å²) in [5.41, 5.74) is 14.6. The van der Waals surface area contributed by atoms with E-state index >= 15 is 0 Å². The summed E-state index contributed by atoms with van der Waals surface area (Å²) in [4.78, 5) is 37.4. The number of H-pyrrole nitrogens is 1. The summed E-state index contributed by atoms with van der Waals surface area (Å²) in [6.07, 6.45) is 3.42. The highest BCUT2D eigenvalue weighted by Gasteiger charge is 2.15. The van der Waals surface area contributed by atoms with E-state index < -0.39 is 0 Å². The molecule has 5 N–H and O–H groups in total. The van der Waals surface area contributed by atoms with E-state index in [2.05, 4.69) is 15.0 Å². The summed E-state index contributed by atoms with van der Waals surface area (Å²) in [6, 6.07) is 21.3. The first-order valence-electron chi connectivity index (χ1n) is 11.6. The van der Waals surface area contributed by atoms with Crippen LogP contribution in [0.15, 0.2) is 100 Å². The van der Waals surface area contributed by atoms with Gasteiger partial charge in [-0.15, -0.1) is 0 Å². The zero-order valence-electron chi connectivity index (χ0n) is 20.8. The lowest BCUT2D eigenvalue weighted by Crippen LogP contribution is -2.28. The van der Waals surface area contributed by atoms with Gasteiger partial charge in [-0.1, -0.05) is 53.2 Å². The van der Waals surface area contributed by atoms with E-state index in [1.807, 2.05) is 24.3 Å². The second-order valence-electron chi connectivity index (χ2n) is 8.36. The molecule has 0 bridgehead atoms. The number of rotatable bonds is 5. The van der Waals surface area contributed by atoms with Gasteiger partial charge in [0.2, 0.25) is 5.91 Å². The van der Waals surface area contributed by atoms with Crippen LogP contribution in [0.5, 0.6) is 0 Å². The fourth-order valence-electron chi connectivity index (χ4n) is 3.60. The average molecular weight is 580 g/mol. The first kappa shape index (κ1) is 28.0. The van der Waals surface area contributed by atoms with Crippen LogP contribution in [-0.2, 0) is 11.3 Å². The standard InChI is InChI=1S/C14H10ClN3OS.C14H14ClN3O/c15-10-7-8(16)5-6-12(10)20-14-17-11-4-2-1-3-9(11)13(19)18-14;1-10(19)18(9-11-3-2-6-17-8-11)14-5-4-12(16)7-13(14)15/h1-7H,16H2,(H,17,18,19);2-8H,9,16H2,1H3. The summed E-state index contributed by atoms with van der Waals surface area (Å²) in [5, 5.41) is 2.06. The SMILES string of the molecule is CC(=O)N(Cc1cccnc1)c1ccc(N)cc1Cl.Nc1ccc(Sc2nc3ccccc3c(=O)[nH]2)c(Cl)c1. The number of anilines is 3. The van der Waals surface area contributed by atoms with Crippen molar-refractivity contribution in [3.8, 4) is 0 Å². The molecule has 39 heavy (non-hydrogen) atoms. The van der Waals surface area contributed by atoms with Gasteiger partial charge in [0.15, 0.2) is 5.16 Å². The zero-order valence-corrected chi connectivity index (χ0v) is 23.1. The Bertz CT molecular complexity index is 1680. The first-order valence-corrected chi connectivity index (χ1v) is 13.2. The lowest BCUT2D eigenvalue weighted by atomic mass is 10.2. The molecular weight excluding hydrogens is 555 g/mol. The van der Waals surface area contributed by atoms with Gasteiger partial charge < -0.3 is 21.4 Å². The molecule has 198 valence electrons. The molecule has 0 unspecified atom stereocenters. The molecule has 2 heterocycles. The van der Waals surface area contributed by atoms with Gasteiger partial charge in [0.25, 0.3) is 5.56 Å². The Morgan fingerprint density at radius 1 is 0.974 bits per heavy atom. The Kier molecular flexibility index (Phi) is 9.08. The number of para-hydroxylation sites is 1. The number of aromatic amines is 1. The molecule has 0 fully saturated rings. The molecule has 0 atom stereocenters. The normalized spacial score (nSPS) is 10.5. The smallest absolute Gasteiger partial charge is 0.259 e. The molecule has 0 radical (unpaired) electrons. The predicted molar refractivity (Wildman–Crippen MR) is 159 cm³/mol. The van der Waals surface area contributed by atoms with Gasteiger partial charge in [-0.3, -0.25) is 14.6 Å². The molecule has 2 aromatic heterocycles. The number of nitrogens with zero attached hydrogens (tertiary/aromatic N) is 3. The van der Waals surface area contributed by atoms with Crippen molar-refractivity contribution < 1.29 is 4.79 Å². The van der Waals surface area contributed by atoms with Crippen molar-refractivity contribution in [2.45, 2.75) is 23.5 Å². The number of pyridine rings is 1. The minimum absolute atomic E-state index is 0.0875. The Labute approximate surface area is 239 Å². The molecule has 5 rings (SSSR count). The topological polar surface area (TPSA) is 131 Å². The fourth-order valence-corrected chi connectivity index (χ4v) is 4.98. The van der Waals surface area contributed by atoms with Crippen LogP contribution in [0.3, 0.4) is 0 Å². The number of nitrogens with two attached hydrogens (primary N) is 2. The van der Waals surface area contributed by atoms with Crippen molar-refractivity contribution in [3.63, 3.8) is 0 Å². The van der Waals surface area contributed by atoms with E-state index in [9.17, 15) is 9.59 Å². The van der Waals surface area contributed by atoms with Gasteiger partial charge in [-0.25, -0.2) is 4.98 Å². The number of fused-ring (bicyclic) bond motifs is 1. The summed E-state index contributed by atoms with van der Waals surface area (Å²) in [6.45, 7) is 1.93. The quantitative estimate of drug-likeness (QED) is 0.167. The van der Waals surface area contributed by atoms with Crippen LogP contribution < -0.4 is 21.9 Å². The zero-order chi connectivity index (χ0) is 27.9. The molecule has 0 saturated heterocycles. The maximum Gasteiger partial charge on any atom is 0.259 e. The minimum Gasteiger partial charge on any atom is -0.399 e. The monoisotopic (exact) mass is 578 g/mol. The van der Waals surface area contributed by atoms with Gasteiger partial charge in [0, 0.05) is 35.6 Å². The van der Waals surface area contributed by atoms with E-state index in [0.29, 0.717) is 49.7 Å². The Morgan fingerprint density at radius 3 is 2.36 bits per heavy atom. The predicted octanol–water partition coefficient (Wildman–Crippen LogP) is 6.18. The molecule has 0 aliphatic carbocycles. The molecule has 8 nitrogen and oxygen atoms in total. The molecule has 5 aromatic rings. The number of benzene rings is 3. The molecule has 0 aliphatic heterocycles. The van der Waals surface area contributed by atoms with E-state index in [0.717, 1.165) is 10.5 Å². The van der Waals surface area contributed by atoms with E-state index in [-0.39, 0.29) is 11.5 Å². The van der Waals surface area contributed by atoms with Crippen LogP contribution in [0, 0.1) is 0 Å². The van der Waals surface area contributed by atoms with Gasteiger partial charge in [0.1, 0.15) is 0 Å². The maximum absolute atomic E-state index is 12.0. The van der Waals surface area contributed by atoms with Crippen molar-refractivity contribution in [2.75, 3.05) is 16.4 Å². The average Bonchev–Trinajstić information content (AvgIpc) is 2.90. The number of amides is 1. The van der Waals surface area contributed by atoms with E-state index in [1.54, 1.807) is 65.8 Å². The van der Waals surface area contributed by atoms with Gasteiger partial charge in [-0.05, 0) is 60.2 Å². The van der Waals surface area contributed by atoms with Gasteiger partial charge in [-0.2, -0.15) is 0 Å². The number of hydrogen-bond acceptors (Lipinski definition) is 7. The van der Waals surface area contributed by atoms with Crippen molar-refractivity contribution in [1.82, 2.24) is 15.0 Å². The number of nitrogens with one attached hydrogen (secondary N) is 1. The Hall–Kier alpha value is -4.05. The molecule has 1 amide bonds. The highest BCUT2D eigenvalue weighted by Crippen LogP contribution is 2.32. The van der Waals surface area contributed by atoms with Crippen molar-refractivity contribution in [2.24, 2.45) is 0 Å². The highest BCUT2D eigenvalue weighted by molar-refractivity contribution is 7.99. The van der Waals surface area contributed by atoms with Gasteiger partial charge >= 0.3 is 0 Å². The number of halogens is 2. The first-order chi connectivity index (χ1) is 18.7. The number of aromatic nitrogens is 3. The number of carbonyl (C=O) groups excluding carboxylic acids is 1. The van der Waals surface area contributed by atoms with Crippen molar-refractivity contribution in [1.29, 1.82) is 0 Å². The maximum atomic E-state index is 12.0. The van der Waals surface area contributed by atoms with Crippen LogP contribution in [0.4, 0.5) is 17.1 Å². The lowest BCUT2D eigenvalue weighted by Gasteiger charge is -2.22. The molecule has 11 heteroatoms. The third kappa shape index (κ3) is 7.29. The van der Waals surface area contributed by atoms with Crippen LogP contribution >= 0.6 is 35.0 Å². The fraction of sp³-hybridized carbons (Fsp3) is 0.0714. The molecule has 3 aromatic carbocycles.